The van der Waals surface area contributed by atoms with E-state index in [1.54, 1.807) is 11.0 Å². The number of anilines is 2. The summed E-state index contributed by atoms with van der Waals surface area (Å²) in [4.78, 5) is 30.4. The van der Waals surface area contributed by atoms with Gasteiger partial charge in [0.15, 0.2) is 12.4 Å². The number of amides is 1. The van der Waals surface area contributed by atoms with E-state index >= 15 is 0 Å². The summed E-state index contributed by atoms with van der Waals surface area (Å²) in [5, 5.41) is 0.615. The molecule has 0 radical (unpaired) electrons. The number of carbonyl (C=O) groups excluding carboxylic acids is 1. The van der Waals surface area contributed by atoms with E-state index in [4.69, 9.17) is 27.1 Å². The molecular formula is C27H27ClN6O2. The molecule has 1 aliphatic rings. The van der Waals surface area contributed by atoms with Gasteiger partial charge in [0.25, 0.3) is 5.91 Å². The number of piperazine rings is 1. The molecule has 0 spiro atoms. The maximum atomic E-state index is 12.7. The normalized spacial score (nSPS) is 13.8. The van der Waals surface area contributed by atoms with Crippen LogP contribution in [0.2, 0.25) is 5.02 Å². The van der Waals surface area contributed by atoms with Crippen LogP contribution in [0.4, 0.5) is 11.8 Å². The van der Waals surface area contributed by atoms with Crippen LogP contribution in [-0.2, 0) is 4.79 Å². The van der Waals surface area contributed by atoms with E-state index in [0.29, 0.717) is 53.8 Å². The number of benzene rings is 2. The SMILES string of the molecule is Cc1ccc(-c2ccc3nc(N)nc(N4CCN(C(=O)COc5ccc(C)c(Cl)c5)CC4)c3n2)cc1. The molecule has 0 saturated carbocycles. The van der Waals surface area contributed by atoms with E-state index < -0.39 is 0 Å². The van der Waals surface area contributed by atoms with Crippen molar-refractivity contribution in [1.82, 2.24) is 19.9 Å². The average molecular weight is 503 g/mol. The monoisotopic (exact) mass is 502 g/mol. The maximum Gasteiger partial charge on any atom is 0.260 e. The first kappa shape index (κ1) is 23.8. The highest BCUT2D eigenvalue weighted by molar-refractivity contribution is 6.31. The minimum absolute atomic E-state index is 0.0375. The first-order valence-corrected chi connectivity index (χ1v) is 12.2. The second kappa shape index (κ2) is 9.99. The lowest BCUT2D eigenvalue weighted by molar-refractivity contribution is -0.133. The van der Waals surface area contributed by atoms with Gasteiger partial charge in [-0.3, -0.25) is 4.79 Å². The molecule has 2 aromatic heterocycles. The molecule has 1 fully saturated rings. The minimum atomic E-state index is -0.0711. The highest BCUT2D eigenvalue weighted by Gasteiger charge is 2.24. The van der Waals surface area contributed by atoms with E-state index in [2.05, 4.69) is 46.1 Å². The Labute approximate surface area is 214 Å². The fraction of sp³-hybridized carbons (Fsp3) is 0.259. The van der Waals surface area contributed by atoms with Crippen LogP contribution in [0.1, 0.15) is 11.1 Å². The molecule has 2 N–H and O–H groups in total. The number of fused-ring (bicyclic) bond motifs is 1. The Kier molecular flexibility index (Phi) is 6.61. The molecule has 4 aromatic rings. The number of aromatic nitrogens is 3. The quantitative estimate of drug-likeness (QED) is 0.435. The first-order valence-electron chi connectivity index (χ1n) is 11.8. The molecule has 0 unspecified atom stereocenters. The summed E-state index contributed by atoms with van der Waals surface area (Å²) in [6.45, 7) is 6.23. The zero-order valence-corrected chi connectivity index (χ0v) is 21.0. The topological polar surface area (TPSA) is 97.5 Å². The van der Waals surface area contributed by atoms with Gasteiger partial charge in [-0.05, 0) is 43.7 Å². The van der Waals surface area contributed by atoms with Gasteiger partial charge in [-0.25, -0.2) is 9.97 Å². The number of hydrogen-bond donors (Lipinski definition) is 1. The molecule has 1 amide bonds. The van der Waals surface area contributed by atoms with Crippen molar-refractivity contribution in [3.05, 3.63) is 70.7 Å². The predicted molar refractivity (Wildman–Crippen MR) is 142 cm³/mol. The molecule has 0 bridgehead atoms. The van der Waals surface area contributed by atoms with Crippen LogP contribution in [0.25, 0.3) is 22.3 Å². The molecule has 1 aliphatic heterocycles. The average Bonchev–Trinajstić information content (AvgIpc) is 2.89. The Hall–Kier alpha value is -3.91. The molecule has 2 aromatic carbocycles. The third kappa shape index (κ3) is 5.04. The number of hydrogen-bond acceptors (Lipinski definition) is 7. The number of halogens is 1. The lowest BCUT2D eigenvalue weighted by Gasteiger charge is -2.35. The van der Waals surface area contributed by atoms with E-state index in [-0.39, 0.29) is 18.5 Å². The number of carbonyl (C=O) groups is 1. The molecule has 9 heteroatoms. The van der Waals surface area contributed by atoms with E-state index in [1.807, 2.05) is 31.2 Å². The second-order valence-corrected chi connectivity index (χ2v) is 9.31. The Morgan fingerprint density at radius 1 is 0.972 bits per heavy atom. The van der Waals surface area contributed by atoms with Crippen molar-refractivity contribution in [3.8, 4) is 17.0 Å². The first-order chi connectivity index (χ1) is 17.4. The van der Waals surface area contributed by atoms with Gasteiger partial charge in [0, 0.05) is 36.8 Å². The molecule has 184 valence electrons. The lowest BCUT2D eigenvalue weighted by atomic mass is 10.1. The molecule has 1 saturated heterocycles. The molecule has 0 aliphatic carbocycles. The third-order valence-electron chi connectivity index (χ3n) is 6.33. The fourth-order valence-electron chi connectivity index (χ4n) is 4.19. The highest BCUT2D eigenvalue weighted by atomic mass is 35.5. The second-order valence-electron chi connectivity index (χ2n) is 8.90. The van der Waals surface area contributed by atoms with Crippen molar-refractivity contribution in [2.75, 3.05) is 43.4 Å². The van der Waals surface area contributed by atoms with Crippen LogP contribution >= 0.6 is 11.6 Å². The standard InChI is InChI=1S/C27H27ClN6O2/c1-17-3-6-19(7-4-17)22-9-10-23-25(30-22)26(32-27(29)31-23)34-13-11-33(12-14-34)24(35)16-36-20-8-5-18(2)21(28)15-20/h3-10,15H,11-14,16H2,1-2H3,(H2,29,31,32). The van der Waals surface area contributed by atoms with Crippen LogP contribution in [0, 0.1) is 13.8 Å². The van der Waals surface area contributed by atoms with E-state index in [0.717, 1.165) is 16.8 Å². The number of nitrogens with two attached hydrogens (primary N) is 1. The van der Waals surface area contributed by atoms with Crippen LogP contribution in [0.3, 0.4) is 0 Å². The summed E-state index contributed by atoms with van der Waals surface area (Å²) in [6.07, 6.45) is 0. The summed E-state index contributed by atoms with van der Waals surface area (Å²) in [6, 6.07) is 17.5. The van der Waals surface area contributed by atoms with Crippen molar-refractivity contribution < 1.29 is 9.53 Å². The van der Waals surface area contributed by atoms with Gasteiger partial charge < -0.3 is 20.3 Å². The van der Waals surface area contributed by atoms with Gasteiger partial charge in [0.1, 0.15) is 11.3 Å². The van der Waals surface area contributed by atoms with E-state index in [9.17, 15) is 4.79 Å². The third-order valence-corrected chi connectivity index (χ3v) is 6.73. The molecule has 0 atom stereocenters. The zero-order valence-electron chi connectivity index (χ0n) is 20.2. The predicted octanol–water partition coefficient (Wildman–Crippen LogP) is 4.27. The molecular weight excluding hydrogens is 476 g/mol. The number of ether oxygens (including phenoxy) is 1. The fourth-order valence-corrected chi connectivity index (χ4v) is 4.36. The zero-order chi connectivity index (χ0) is 25.2. The molecule has 5 rings (SSSR count). The van der Waals surface area contributed by atoms with Gasteiger partial charge in [-0.2, -0.15) is 4.98 Å². The van der Waals surface area contributed by atoms with Crippen LogP contribution < -0.4 is 15.4 Å². The largest absolute Gasteiger partial charge is 0.484 e. The number of nitrogen functional groups attached to an aromatic ring is 1. The number of rotatable bonds is 5. The number of pyridine rings is 1. The van der Waals surface area contributed by atoms with Gasteiger partial charge in [0.2, 0.25) is 5.95 Å². The maximum absolute atomic E-state index is 12.7. The Bertz CT molecular complexity index is 1420. The van der Waals surface area contributed by atoms with Gasteiger partial charge in [0.05, 0.1) is 11.2 Å². The van der Waals surface area contributed by atoms with Crippen LogP contribution in [-0.4, -0.2) is 58.5 Å². The van der Waals surface area contributed by atoms with Crippen LogP contribution in [0.15, 0.2) is 54.6 Å². The van der Waals surface area contributed by atoms with Crippen molar-refractivity contribution >= 4 is 40.3 Å². The number of nitrogens with zero attached hydrogens (tertiary/aromatic N) is 5. The van der Waals surface area contributed by atoms with Gasteiger partial charge in [-0.15, -0.1) is 0 Å². The Morgan fingerprint density at radius 3 is 2.44 bits per heavy atom. The van der Waals surface area contributed by atoms with Crippen molar-refractivity contribution in [1.29, 1.82) is 0 Å². The lowest BCUT2D eigenvalue weighted by Crippen LogP contribution is -2.50. The minimum Gasteiger partial charge on any atom is -0.484 e. The smallest absolute Gasteiger partial charge is 0.260 e. The molecule has 3 heterocycles. The van der Waals surface area contributed by atoms with Crippen molar-refractivity contribution in [2.45, 2.75) is 13.8 Å². The summed E-state index contributed by atoms with van der Waals surface area (Å²) in [7, 11) is 0. The Morgan fingerprint density at radius 2 is 1.72 bits per heavy atom. The van der Waals surface area contributed by atoms with Crippen LogP contribution in [0.5, 0.6) is 5.75 Å². The van der Waals surface area contributed by atoms with Gasteiger partial charge >= 0.3 is 0 Å². The summed E-state index contributed by atoms with van der Waals surface area (Å²) < 4.78 is 5.67. The van der Waals surface area contributed by atoms with Gasteiger partial charge in [-0.1, -0.05) is 47.5 Å². The number of aryl methyl sites for hydroxylation is 2. The highest BCUT2D eigenvalue weighted by Crippen LogP contribution is 2.28. The summed E-state index contributed by atoms with van der Waals surface area (Å²) in [5.74, 6) is 1.39. The van der Waals surface area contributed by atoms with Crippen molar-refractivity contribution in [3.63, 3.8) is 0 Å². The molecule has 8 nitrogen and oxygen atoms in total. The summed E-state index contributed by atoms with van der Waals surface area (Å²) >= 11 is 6.15. The van der Waals surface area contributed by atoms with Crippen molar-refractivity contribution in [2.24, 2.45) is 0 Å². The summed E-state index contributed by atoms with van der Waals surface area (Å²) in [5.41, 5.74) is 11.4. The Balaban J connectivity index is 1.29. The van der Waals surface area contributed by atoms with E-state index in [1.165, 1.54) is 5.56 Å². The molecule has 36 heavy (non-hydrogen) atoms.